The molecule has 0 radical (unpaired) electrons. The van der Waals surface area contributed by atoms with Gasteiger partial charge in [-0.15, -0.1) is 0 Å². The number of ether oxygens (including phenoxy) is 1. The highest BCUT2D eigenvalue weighted by molar-refractivity contribution is 5.48. The smallest absolute Gasteiger partial charge is 0.222 e. The lowest BCUT2D eigenvalue weighted by Gasteiger charge is -2.17. The molecular weight excluding hydrogens is 250 g/mol. The lowest BCUT2D eigenvalue weighted by molar-refractivity contribution is 0.196. The van der Waals surface area contributed by atoms with Gasteiger partial charge in [0.2, 0.25) is 5.88 Å². The van der Waals surface area contributed by atoms with E-state index in [9.17, 15) is 0 Å². The molecule has 1 aromatic rings. The van der Waals surface area contributed by atoms with Crippen LogP contribution in [0.15, 0.2) is 0 Å². The predicted molar refractivity (Wildman–Crippen MR) is 84.5 cm³/mol. The average molecular weight is 279 g/mol. The second-order valence-corrected chi connectivity index (χ2v) is 5.36. The Morgan fingerprint density at radius 2 is 1.85 bits per heavy atom. The first-order valence-corrected chi connectivity index (χ1v) is 7.84. The Kier molecular flexibility index (Phi) is 7.34. The van der Waals surface area contributed by atoms with Gasteiger partial charge in [0.25, 0.3) is 0 Å². The van der Waals surface area contributed by atoms with Gasteiger partial charge in [-0.3, -0.25) is 0 Å². The molecular formula is C16H29N3O. The lowest BCUT2D eigenvalue weighted by atomic mass is 10.1. The molecule has 4 heteroatoms. The second kappa shape index (κ2) is 8.77. The van der Waals surface area contributed by atoms with Crippen molar-refractivity contribution in [2.75, 3.05) is 11.9 Å². The van der Waals surface area contributed by atoms with Crippen LogP contribution in [0.3, 0.4) is 0 Å². The number of anilines is 1. The van der Waals surface area contributed by atoms with Crippen molar-refractivity contribution in [3.05, 3.63) is 11.4 Å². The molecule has 1 heterocycles. The molecule has 0 aliphatic carbocycles. The van der Waals surface area contributed by atoms with Gasteiger partial charge in [0, 0.05) is 6.54 Å². The number of aryl methyl sites for hydroxylation is 1. The molecule has 114 valence electrons. The molecule has 0 aromatic carbocycles. The topological polar surface area (TPSA) is 47.0 Å². The summed E-state index contributed by atoms with van der Waals surface area (Å²) < 4.78 is 6.00. The van der Waals surface area contributed by atoms with Crippen molar-refractivity contribution in [1.82, 2.24) is 9.97 Å². The summed E-state index contributed by atoms with van der Waals surface area (Å²) in [5.74, 6) is 2.35. The first-order chi connectivity index (χ1) is 9.58. The van der Waals surface area contributed by atoms with Crippen LogP contribution >= 0.6 is 0 Å². The minimum absolute atomic E-state index is 0.203. The van der Waals surface area contributed by atoms with E-state index < -0.39 is 0 Å². The third-order valence-electron chi connectivity index (χ3n) is 3.33. The Morgan fingerprint density at radius 3 is 2.50 bits per heavy atom. The van der Waals surface area contributed by atoms with Gasteiger partial charge in [0.15, 0.2) is 0 Å². The van der Waals surface area contributed by atoms with E-state index in [1.165, 1.54) is 25.7 Å². The zero-order valence-electron chi connectivity index (χ0n) is 13.6. The second-order valence-electron chi connectivity index (χ2n) is 5.36. The molecule has 1 unspecified atom stereocenters. The van der Waals surface area contributed by atoms with Crippen LogP contribution < -0.4 is 10.1 Å². The Balaban J connectivity index is 2.62. The molecule has 1 aromatic heterocycles. The van der Waals surface area contributed by atoms with Crippen LogP contribution in [0, 0.1) is 13.8 Å². The fourth-order valence-electron chi connectivity index (χ4n) is 2.17. The Hall–Kier alpha value is -1.32. The molecule has 4 nitrogen and oxygen atoms in total. The van der Waals surface area contributed by atoms with Crippen molar-refractivity contribution in [3.63, 3.8) is 0 Å². The van der Waals surface area contributed by atoms with E-state index in [4.69, 9.17) is 4.74 Å². The standard InChI is InChI=1S/C16H29N3O/c1-6-8-9-10-11-12(3)20-16-13(4)15(17-7-2)18-14(5)19-16/h12H,6-11H2,1-5H3,(H,17,18,19). The zero-order chi connectivity index (χ0) is 15.0. The molecule has 0 spiro atoms. The maximum Gasteiger partial charge on any atom is 0.222 e. The molecule has 0 aliphatic heterocycles. The maximum absolute atomic E-state index is 6.00. The highest BCUT2D eigenvalue weighted by atomic mass is 16.5. The molecule has 0 saturated heterocycles. The molecule has 1 rings (SSSR count). The Labute approximate surface area is 123 Å². The summed E-state index contributed by atoms with van der Waals surface area (Å²) >= 11 is 0. The summed E-state index contributed by atoms with van der Waals surface area (Å²) in [6.07, 6.45) is 6.37. The van der Waals surface area contributed by atoms with Crippen molar-refractivity contribution in [2.24, 2.45) is 0 Å². The van der Waals surface area contributed by atoms with Crippen LogP contribution in [-0.4, -0.2) is 22.6 Å². The van der Waals surface area contributed by atoms with E-state index in [2.05, 4.69) is 36.1 Å². The van der Waals surface area contributed by atoms with E-state index in [1.54, 1.807) is 0 Å². The minimum Gasteiger partial charge on any atom is -0.474 e. The molecule has 0 aliphatic rings. The molecule has 0 saturated carbocycles. The first-order valence-electron chi connectivity index (χ1n) is 7.84. The summed E-state index contributed by atoms with van der Waals surface area (Å²) in [6, 6.07) is 0. The third-order valence-corrected chi connectivity index (χ3v) is 3.33. The molecule has 1 atom stereocenters. The summed E-state index contributed by atoms with van der Waals surface area (Å²) in [6.45, 7) is 11.2. The first kappa shape index (κ1) is 16.7. The maximum atomic E-state index is 6.00. The Morgan fingerprint density at radius 1 is 1.10 bits per heavy atom. The SMILES string of the molecule is CCCCCCC(C)Oc1nc(C)nc(NCC)c1C. The van der Waals surface area contributed by atoms with E-state index in [-0.39, 0.29) is 6.10 Å². The number of hydrogen-bond donors (Lipinski definition) is 1. The lowest BCUT2D eigenvalue weighted by Crippen LogP contribution is -2.15. The molecule has 1 N–H and O–H groups in total. The number of nitrogens with one attached hydrogen (secondary N) is 1. The van der Waals surface area contributed by atoms with E-state index in [0.717, 1.165) is 36.1 Å². The van der Waals surface area contributed by atoms with Crippen LogP contribution in [0.5, 0.6) is 5.88 Å². The normalized spacial score (nSPS) is 12.2. The van der Waals surface area contributed by atoms with Crippen LogP contribution in [0.4, 0.5) is 5.82 Å². The van der Waals surface area contributed by atoms with Crippen molar-refractivity contribution in [3.8, 4) is 5.88 Å². The van der Waals surface area contributed by atoms with Gasteiger partial charge in [-0.05, 0) is 40.5 Å². The number of unbranched alkanes of at least 4 members (excludes halogenated alkanes) is 3. The van der Waals surface area contributed by atoms with Crippen molar-refractivity contribution < 1.29 is 4.74 Å². The fourth-order valence-corrected chi connectivity index (χ4v) is 2.17. The highest BCUT2D eigenvalue weighted by Crippen LogP contribution is 2.23. The Bertz CT molecular complexity index is 407. The number of hydrogen-bond acceptors (Lipinski definition) is 4. The summed E-state index contributed by atoms with van der Waals surface area (Å²) in [7, 11) is 0. The fraction of sp³-hybridized carbons (Fsp3) is 0.750. The zero-order valence-corrected chi connectivity index (χ0v) is 13.6. The molecule has 0 amide bonds. The van der Waals surface area contributed by atoms with Gasteiger partial charge in [-0.25, -0.2) is 4.98 Å². The monoisotopic (exact) mass is 279 g/mol. The van der Waals surface area contributed by atoms with Gasteiger partial charge in [-0.2, -0.15) is 4.98 Å². The van der Waals surface area contributed by atoms with E-state index in [1.807, 2.05) is 13.8 Å². The van der Waals surface area contributed by atoms with Gasteiger partial charge in [0.05, 0.1) is 11.7 Å². The van der Waals surface area contributed by atoms with Crippen LogP contribution in [0.1, 0.15) is 64.3 Å². The van der Waals surface area contributed by atoms with Crippen molar-refractivity contribution >= 4 is 5.82 Å². The summed E-state index contributed by atoms with van der Waals surface area (Å²) in [5, 5.41) is 3.26. The number of aromatic nitrogens is 2. The quantitative estimate of drug-likeness (QED) is 0.686. The van der Waals surface area contributed by atoms with Gasteiger partial charge < -0.3 is 10.1 Å². The number of nitrogens with zero attached hydrogens (tertiary/aromatic N) is 2. The van der Waals surface area contributed by atoms with Gasteiger partial charge >= 0.3 is 0 Å². The predicted octanol–water partition coefficient (Wildman–Crippen LogP) is 4.26. The van der Waals surface area contributed by atoms with Crippen LogP contribution in [0.25, 0.3) is 0 Å². The molecule has 0 bridgehead atoms. The summed E-state index contributed by atoms with van der Waals surface area (Å²) in [5.41, 5.74) is 0.998. The van der Waals surface area contributed by atoms with Crippen molar-refractivity contribution in [1.29, 1.82) is 0 Å². The average Bonchev–Trinajstić information content (AvgIpc) is 2.40. The van der Waals surface area contributed by atoms with Crippen molar-refractivity contribution in [2.45, 2.75) is 72.8 Å². The van der Waals surface area contributed by atoms with Crippen LogP contribution in [0.2, 0.25) is 0 Å². The van der Waals surface area contributed by atoms with Gasteiger partial charge in [0.1, 0.15) is 11.6 Å². The van der Waals surface area contributed by atoms with E-state index in [0.29, 0.717) is 0 Å². The summed E-state index contributed by atoms with van der Waals surface area (Å²) in [4.78, 5) is 8.84. The van der Waals surface area contributed by atoms with Crippen LogP contribution in [-0.2, 0) is 0 Å². The number of rotatable bonds is 9. The minimum atomic E-state index is 0.203. The third kappa shape index (κ3) is 5.35. The molecule has 0 fully saturated rings. The van der Waals surface area contributed by atoms with E-state index >= 15 is 0 Å². The van der Waals surface area contributed by atoms with Gasteiger partial charge in [-0.1, -0.05) is 26.2 Å². The highest BCUT2D eigenvalue weighted by Gasteiger charge is 2.12. The molecule has 20 heavy (non-hydrogen) atoms. The largest absolute Gasteiger partial charge is 0.474 e.